The summed E-state index contributed by atoms with van der Waals surface area (Å²) in [4.78, 5) is 9.99. The Kier molecular flexibility index (Phi) is 6.06. The van der Waals surface area contributed by atoms with Crippen molar-refractivity contribution >= 4 is 18.4 Å². The van der Waals surface area contributed by atoms with Gasteiger partial charge in [-0.1, -0.05) is 0 Å². The van der Waals surface area contributed by atoms with Gasteiger partial charge in [0.15, 0.2) is 0 Å². The molecule has 1 aliphatic rings. The van der Waals surface area contributed by atoms with E-state index in [2.05, 4.69) is 5.32 Å². The first kappa shape index (κ1) is 11.7. The summed E-state index contributed by atoms with van der Waals surface area (Å²) in [5, 5.41) is 13.1. The Morgan fingerprint density at radius 1 is 1.50 bits per heavy atom. The molecule has 0 amide bonds. The second-order valence-electron chi connectivity index (χ2n) is 2.63. The standard InChI is InChI=1S/C7H13NO3.ClH/c9-7(10)5-11-6-1-3-8-4-2-6;/h6,8H,1-5H2,(H,9,10);1H/p-1. The van der Waals surface area contributed by atoms with E-state index in [1.165, 1.54) is 0 Å². The molecular formula is C7H13ClNO3-. The molecule has 12 heavy (non-hydrogen) atoms. The number of carbonyl (C=O) groups excluding carboxylic acids is 1. The Balaban J connectivity index is 0.00000121. The highest BCUT2D eigenvalue weighted by molar-refractivity contribution is 5.85. The van der Waals surface area contributed by atoms with E-state index in [0.29, 0.717) is 0 Å². The molecule has 1 fully saturated rings. The van der Waals surface area contributed by atoms with Gasteiger partial charge >= 0.3 is 0 Å². The molecule has 0 unspecified atom stereocenters. The molecule has 0 saturated carbocycles. The minimum Gasteiger partial charge on any atom is -0.548 e. The molecule has 0 bridgehead atoms. The molecule has 0 spiro atoms. The minimum absolute atomic E-state index is 0. The smallest absolute Gasteiger partial charge is 0.0865 e. The van der Waals surface area contributed by atoms with Crippen LogP contribution in [0, 0.1) is 0 Å². The lowest BCUT2D eigenvalue weighted by molar-refractivity contribution is -0.310. The Bertz CT molecular complexity index is 137. The van der Waals surface area contributed by atoms with Gasteiger partial charge in [-0.05, 0) is 25.9 Å². The first-order valence-corrected chi connectivity index (χ1v) is 3.81. The quantitative estimate of drug-likeness (QED) is 0.622. The lowest BCUT2D eigenvalue weighted by Gasteiger charge is -2.22. The highest BCUT2D eigenvalue weighted by Gasteiger charge is 2.12. The SMILES string of the molecule is Cl.O=C([O-])COC1CCNCC1. The van der Waals surface area contributed by atoms with E-state index in [9.17, 15) is 9.90 Å². The van der Waals surface area contributed by atoms with E-state index >= 15 is 0 Å². The zero-order chi connectivity index (χ0) is 8.10. The molecule has 4 nitrogen and oxygen atoms in total. The van der Waals surface area contributed by atoms with Crippen LogP contribution >= 0.6 is 12.4 Å². The number of aliphatic carboxylic acids is 1. The zero-order valence-electron chi connectivity index (χ0n) is 6.75. The van der Waals surface area contributed by atoms with Gasteiger partial charge in [0.05, 0.1) is 18.7 Å². The summed E-state index contributed by atoms with van der Waals surface area (Å²) < 4.78 is 5.04. The summed E-state index contributed by atoms with van der Waals surface area (Å²) in [6, 6.07) is 0. The van der Waals surface area contributed by atoms with E-state index in [-0.39, 0.29) is 25.1 Å². The molecule has 1 saturated heterocycles. The Labute approximate surface area is 77.7 Å². The highest BCUT2D eigenvalue weighted by Crippen LogP contribution is 2.05. The molecule has 1 rings (SSSR count). The monoisotopic (exact) mass is 194 g/mol. The number of carboxylic acid groups (broad SMARTS) is 1. The summed E-state index contributed by atoms with van der Waals surface area (Å²) >= 11 is 0. The van der Waals surface area contributed by atoms with E-state index in [4.69, 9.17) is 4.74 Å². The number of hydrogen-bond acceptors (Lipinski definition) is 4. The molecule has 0 radical (unpaired) electrons. The van der Waals surface area contributed by atoms with E-state index < -0.39 is 5.97 Å². The van der Waals surface area contributed by atoms with Crippen molar-refractivity contribution in [2.75, 3.05) is 19.7 Å². The second kappa shape index (κ2) is 6.22. The van der Waals surface area contributed by atoms with Crippen LogP contribution in [0.25, 0.3) is 0 Å². The van der Waals surface area contributed by atoms with Crippen LogP contribution < -0.4 is 10.4 Å². The van der Waals surface area contributed by atoms with Crippen LogP contribution in [0.5, 0.6) is 0 Å². The number of halogens is 1. The second-order valence-corrected chi connectivity index (χ2v) is 2.63. The van der Waals surface area contributed by atoms with Gasteiger partial charge < -0.3 is 20.0 Å². The van der Waals surface area contributed by atoms with Crippen LogP contribution in [0.4, 0.5) is 0 Å². The fraction of sp³-hybridized carbons (Fsp3) is 0.857. The fourth-order valence-electron chi connectivity index (χ4n) is 1.15. The summed E-state index contributed by atoms with van der Waals surface area (Å²) in [5.41, 5.74) is 0. The number of nitrogens with one attached hydrogen (secondary N) is 1. The molecule has 1 heterocycles. The van der Waals surface area contributed by atoms with Crippen molar-refractivity contribution in [3.05, 3.63) is 0 Å². The molecule has 0 aromatic heterocycles. The Morgan fingerprint density at radius 3 is 2.58 bits per heavy atom. The van der Waals surface area contributed by atoms with Crippen LogP contribution in [0.3, 0.4) is 0 Å². The van der Waals surface area contributed by atoms with E-state index in [1.807, 2.05) is 0 Å². The van der Waals surface area contributed by atoms with Gasteiger partial charge in [-0.2, -0.15) is 0 Å². The van der Waals surface area contributed by atoms with Crippen LogP contribution in [0.15, 0.2) is 0 Å². The van der Waals surface area contributed by atoms with Crippen LogP contribution in [0.1, 0.15) is 12.8 Å². The van der Waals surface area contributed by atoms with Crippen molar-refractivity contribution in [2.45, 2.75) is 18.9 Å². The van der Waals surface area contributed by atoms with Crippen LogP contribution in [-0.4, -0.2) is 31.8 Å². The molecule has 1 N–H and O–H groups in total. The van der Waals surface area contributed by atoms with Gasteiger partial charge in [0, 0.05) is 0 Å². The predicted molar refractivity (Wildman–Crippen MR) is 44.1 cm³/mol. The lowest BCUT2D eigenvalue weighted by Crippen LogP contribution is -2.36. The summed E-state index contributed by atoms with van der Waals surface area (Å²) in [6.45, 7) is 1.56. The zero-order valence-corrected chi connectivity index (χ0v) is 7.56. The summed E-state index contributed by atoms with van der Waals surface area (Å²) in [5.74, 6) is -1.14. The number of hydrogen-bond donors (Lipinski definition) is 1. The average molecular weight is 195 g/mol. The first-order valence-electron chi connectivity index (χ1n) is 3.81. The van der Waals surface area contributed by atoms with Gasteiger partial charge in [0.1, 0.15) is 0 Å². The topological polar surface area (TPSA) is 61.4 Å². The number of carbonyl (C=O) groups is 1. The molecule has 1 aliphatic heterocycles. The molecule has 5 heteroatoms. The molecule has 0 atom stereocenters. The summed E-state index contributed by atoms with van der Waals surface area (Å²) in [6.07, 6.45) is 1.90. The van der Waals surface area contributed by atoms with Gasteiger partial charge in [-0.15, -0.1) is 12.4 Å². The van der Waals surface area contributed by atoms with Crippen LogP contribution in [-0.2, 0) is 9.53 Å². The van der Waals surface area contributed by atoms with Crippen molar-refractivity contribution in [2.24, 2.45) is 0 Å². The number of rotatable bonds is 3. The fourth-order valence-corrected chi connectivity index (χ4v) is 1.15. The predicted octanol–water partition coefficient (Wildman–Crippen LogP) is -1.07. The van der Waals surface area contributed by atoms with Crippen molar-refractivity contribution in [3.63, 3.8) is 0 Å². The number of carboxylic acids is 1. The molecular weight excluding hydrogens is 182 g/mol. The normalized spacial score (nSPS) is 18.3. The molecule has 0 aromatic rings. The van der Waals surface area contributed by atoms with Crippen molar-refractivity contribution in [1.29, 1.82) is 0 Å². The van der Waals surface area contributed by atoms with Gasteiger partial charge in [-0.25, -0.2) is 0 Å². The first-order chi connectivity index (χ1) is 5.29. The number of piperidine rings is 1. The van der Waals surface area contributed by atoms with Crippen molar-refractivity contribution in [1.82, 2.24) is 5.32 Å². The van der Waals surface area contributed by atoms with Gasteiger partial charge in [-0.3, -0.25) is 0 Å². The maximum absolute atomic E-state index is 9.99. The summed E-state index contributed by atoms with van der Waals surface area (Å²) in [7, 11) is 0. The van der Waals surface area contributed by atoms with Gasteiger partial charge in [0.25, 0.3) is 0 Å². The Morgan fingerprint density at radius 2 is 2.08 bits per heavy atom. The minimum atomic E-state index is -1.14. The maximum atomic E-state index is 9.99. The molecule has 0 aliphatic carbocycles. The van der Waals surface area contributed by atoms with Crippen molar-refractivity contribution < 1.29 is 14.6 Å². The highest BCUT2D eigenvalue weighted by atomic mass is 35.5. The van der Waals surface area contributed by atoms with E-state index in [1.54, 1.807) is 0 Å². The third-order valence-electron chi connectivity index (χ3n) is 1.72. The molecule has 72 valence electrons. The maximum Gasteiger partial charge on any atom is 0.0865 e. The largest absolute Gasteiger partial charge is 0.548 e. The van der Waals surface area contributed by atoms with Crippen molar-refractivity contribution in [3.8, 4) is 0 Å². The Hall–Kier alpha value is -0.320. The lowest BCUT2D eigenvalue weighted by atomic mass is 10.1. The van der Waals surface area contributed by atoms with Crippen LogP contribution in [0.2, 0.25) is 0 Å². The third-order valence-corrected chi connectivity index (χ3v) is 1.72. The van der Waals surface area contributed by atoms with E-state index in [0.717, 1.165) is 25.9 Å². The number of ether oxygens (including phenoxy) is 1. The average Bonchev–Trinajstić information content (AvgIpc) is 2.03. The third kappa shape index (κ3) is 4.54. The van der Waals surface area contributed by atoms with Gasteiger partial charge in [0.2, 0.25) is 0 Å². The molecule has 0 aromatic carbocycles.